The number of benzene rings is 2. The first-order chi connectivity index (χ1) is 9.60. The summed E-state index contributed by atoms with van der Waals surface area (Å²) in [6, 6.07) is 12.6. The van der Waals surface area contributed by atoms with Gasteiger partial charge < -0.3 is 0 Å². The van der Waals surface area contributed by atoms with Crippen LogP contribution in [0.25, 0.3) is 0 Å². The number of hydrogen-bond acceptors (Lipinski definition) is 0. The van der Waals surface area contributed by atoms with Crippen LogP contribution < -0.4 is 0 Å². The molecule has 0 saturated heterocycles. The molecule has 0 radical (unpaired) electrons. The SMILES string of the molecule is Fc1cccc(Cl)c1CC(CBr)Cc1cccc(Cl)c1. The fourth-order valence-electron chi connectivity index (χ4n) is 2.19. The Balaban J connectivity index is 2.13. The number of hydrogen-bond donors (Lipinski definition) is 0. The second-order valence-electron chi connectivity index (χ2n) is 4.76. The quantitative estimate of drug-likeness (QED) is 0.568. The van der Waals surface area contributed by atoms with Crippen molar-refractivity contribution in [3.63, 3.8) is 0 Å². The van der Waals surface area contributed by atoms with Crippen LogP contribution in [0.4, 0.5) is 4.39 Å². The third-order valence-corrected chi connectivity index (χ3v) is 4.69. The van der Waals surface area contributed by atoms with Gasteiger partial charge in [-0.15, -0.1) is 0 Å². The Labute approximate surface area is 137 Å². The van der Waals surface area contributed by atoms with Crippen LogP contribution in [0.5, 0.6) is 0 Å². The molecule has 1 atom stereocenters. The predicted molar refractivity (Wildman–Crippen MR) is 87.6 cm³/mol. The molecule has 0 saturated carbocycles. The van der Waals surface area contributed by atoms with Crippen molar-refractivity contribution < 1.29 is 4.39 Å². The number of halogens is 4. The highest BCUT2D eigenvalue weighted by Crippen LogP contribution is 2.25. The van der Waals surface area contributed by atoms with Gasteiger partial charge in [0.15, 0.2) is 0 Å². The van der Waals surface area contributed by atoms with Gasteiger partial charge in [-0.2, -0.15) is 0 Å². The maximum atomic E-state index is 13.8. The molecule has 0 spiro atoms. The third-order valence-electron chi connectivity index (χ3n) is 3.19. The first-order valence-electron chi connectivity index (χ1n) is 6.33. The van der Waals surface area contributed by atoms with Gasteiger partial charge in [-0.3, -0.25) is 0 Å². The highest BCUT2D eigenvalue weighted by molar-refractivity contribution is 9.09. The molecule has 2 aromatic carbocycles. The van der Waals surface area contributed by atoms with E-state index < -0.39 is 0 Å². The lowest BCUT2D eigenvalue weighted by Crippen LogP contribution is -2.11. The Morgan fingerprint density at radius 3 is 2.45 bits per heavy atom. The van der Waals surface area contributed by atoms with E-state index in [1.54, 1.807) is 12.1 Å². The molecule has 0 heterocycles. The minimum atomic E-state index is -0.241. The summed E-state index contributed by atoms with van der Waals surface area (Å²) >= 11 is 15.6. The van der Waals surface area contributed by atoms with Crippen LogP contribution in [0.2, 0.25) is 10.0 Å². The molecule has 106 valence electrons. The van der Waals surface area contributed by atoms with E-state index in [0.717, 1.165) is 22.3 Å². The fourth-order valence-corrected chi connectivity index (χ4v) is 3.11. The molecule has 0 bridgehead atoms. The molecule has 0 aromatic heterocycles. The second-order valence-corrected chi connectivity index (χ2v) is 6.25. The lowest BCUT2D eigenvalue weighted by atomic mass is 9.94. The second kappa shape index (κ2) is 7.44. The molecule has 0 amide bonds. The summed E-state index contributed by atoms with van der Waals surface area (Å²) in [6.07, 6.45) is 1.43. The van der Waals surface area contributed by atoms with Crippen molar-refractivity contribution in [1.82, 2.24) is 0 Å². The van der Waals surface area contributed by atoms with Crippen LogP contribution in [0, 0.1) is 11.7 Å². The van der Waals surface area contributed by atoms with Gasteiger partial charge in [0.05, 0.1) is 0 Å². The zero-order valence-corrected chi connectivity index (χ0v) is 13.8. The zero-order valence-electron chi connectivity index (χ0n) is 10.8. The lowest BCUT2D eigenvalue weighted by Gasteiger charge is -2.16. The maximum Gasteiger partial charge on any atom is 0.127 e. The van der Waals surface area contributed by atoms with Gasteiger partial charge in [-0.1, -0.05) is 57.3 Å². The summed E-state index contributed by atoms with van der Waals surface area (Å²) in [5.74, 6) is 0.0254. The average molecular weight is 376 g/mol. The standard InChI is InChI=1S/C16H14BrCl2F/c17-10-12(7-11-3-1-4-13(18)8-11)9-14-15(19)5-2-6-16(14)20/h1-6,8,12H,7,9-10H2. The molecule has 2 aromatic rings. The van der Waals surface area contributed by atoms with Crippen molar-refractivity contribution in [2.45, 2.75) is 12.8 Å². The molecule has 0 nitrogen and oxygen atoms in total. The normalized spacial score (nSPS) is 12.4. The highest BCUT2D eigenvalue weighted by Gasteiger charge is 2.15. The summed E-state index contributed by atoms with van der Waals surface area (Å²) in [5, 5.41) is 1.99. The first-order valence-corrected chi connectivity index (χ1v) is 8.21. The molecule has 0 fully saturated rings. The Hall–Kier alpha value is -0.570. The van der Waals surface area contributed by atoms with E-state index in [9.17, 15) is 4.39 Å². The highest BCUT2D eigenvalue weighted by atomic mass is 79.9. The summed E-state index contributed by atoms with van der Waals surface area (Å²) in [4.78, 5) is 0. The van der Waals surface area contributed by atoms with Crippen molar-refractivity contribution in [2.75, 3.05) is 5.33 Å². The van der Waals surface area contributed by atoms with Crippen molar-refractivity contribution in [3.05, 3.63) is 69.5 Å². The van der Waals surface area contributed by atoms with E-state index >= 15 is 0 Å². The van der Waals surface area contributed by atoms with Gasteiger partial charge in [0.25, 0.3) is 0 Å². The first kappa shape index (κ1) is 15.8. The van der Waals surface area contributed by atoms with Crippen LogP contribution in [-0.4, -0.2) is 5.33 Å². The van der Waals surface area contributed by atoms with Gasteiger partial charge in [0, 0.05) is 20.9 Å². The van der Waals surface area contributed by atoms with E-state index in [1.807, 2.05) is 24.3 Å². The van der Waals surface area contributed by atoms with Crippen LogP contribution in [0.1, 0.15) is 11.1 Å². The van der Waals surface area contributed by atoms with E-state index in [4.69, 9.17) is 23.2 Å². The molecule has 0 aliphatic rings. The molecule has 4 heteroatoms. The van der Waals surface area contributed by atoms with Crippen molar-refractivity contribution in [3.8, 4) is 0 Å². The molecule has 0 aliphatic heterocycles. The smallest absolute Gasteiger partial charge is 0.127 e. The third kappa shape index (κ3) is 4.21. The van der Waals surface area contributed by atoms with Gasteiger partial charge in [-0.25, -0.2) is 4.39 Å². The predicted octanol–water partition coefficient (Wildman–Crippen LogP) is 5.93. The van der Waals surface area contributed by atoms with E-state index in [1.165, 1.54) is 6.07 Å². The zero-order chi connectivity index (χ0) is 14.5. The number of rotatable bonds is 5. The molecule has 2 rings (SSSR count). The van der Waals surface area contributed by atoms with E-state index in [-0.39, 0.29) is 11.7 Å². The fraction of sp³-hybridized carbons (Fsp3) is 0.250. The van der Waals surface area contributed by atoms with E-state index in [2.05, 4.69) is 15.9 Å². The molecular weight excluding hydrogens is 362 g/mol. The van der Waals surface area contributed by atoms with Crippen molar-refractivity contribution in [2.24, 2.45) is 5.92 Å². The van der Waals surface area contributed by atoms with Crippen LogP contribution in [0.3, 0.4) is 0 Å². The van der Waals surface area contributed by atoms with Gasteiger partial charge in [-0.05, 0) is 48.6 Å². The van der Waals surface area contributed by atoms with Crippen LogP contribution in [-0.2, 0) is 12.8 Å². The summed E-state index contributed by atoms with van der Waals surface area (Å²) in [7, 11) is 0. The molecule has 0 aliphatic carbocycles. The topological polar surface area (TPSA) is 0 Å². The van der Waals surface area contributed by atoms with Crippen molar-refractivity contribution >= 4 is 39.1 Å². The summed E-state index contributed by atoms with van der Waals surface area (Å²) in [5.41, 5.74) is 1.73. The minimum Gasteiger partial charge on any atom is -0.207 e. The van der Waals surface area contributed by atoms with Crippen molar-refractivity contribution in [1.29, 1.82) is 0 Å². The molecule has 1 unspecified atom stereocenters. The van der Waals surface area contributed by atoms with Gasteiger partial charge in [0.2, 0.25) is 0 Å². The number of alkyl halides is 1. The Kier molecular flexibility index (Phi) is 5.88. The molecule has 0 N–H and O–H groups in total. The maximum absolute atomic E-state index is 13.8. The minimum absolute atomic E-state index is 0.241. The largest absolute Gasteiger partial charge is 0.207 e. The molecule has 20 heavy (non-hydrogen) atoms. The van der Waals surface area contributed by atoms with Gasteiger partial charge in [0.1, 0.15) is 5.82 Å². The Morgan fingerprint density at radius 2 is 1.80 bits per heavy atom. The van der Waals surface area contributed by atoms with E-state index in [0.29, 0.717) is 17.0 Å². The molecular formula is C16H14BrCl2F. The average Bonchev–Trinajstić information content (AvgIpc) is 2.42. The Bertz CT molecular complexity index is 566. The van der Waals surface area contributed by atoms with Gasteiger partial charge >= 0.3 is 0 Å². The van der Waals surface area contributed by atoms with Crippen LogP contribution >= 0.6 is 39.1 Å². The summed E-state index contributed by atoms with van der Waals surface area (Å²) < 4.78 is 13.8. The Morgan fingerprint density at radius 1 is 1.05 bits per heavy atom. The van der Waals surface area contributed by atoms with Crippen LogP contribution in [0.15, 0.2) is 42.5 Å². The summed E-state index contributed by atoms with van der Waals surface area (Å²) in [6.45, 7) is 0. The lowest BCUT2D eigenvalue weighted by molar-refractivity contribution is 0.550. The monoisotopic (exact) mass is 374 g/mol.